The van der Waals surface area contributed by atoms with Crippen LogP contribution in [-0.4, -0.2) is 49.0 Å². The van der Waals surface area contributed by atoms with E-state index in [0.717, 1.165) is 30.0 Å². The molecule has 11 heteroatoms. The van der Waals surface area contributed by atoms with E-state index in [1.807, 2.05) is 47.3 Å². The van der Waals surface area contributed by atoms with Gasteiger partial charge < -0.3 is 15.0 Å². The van der Waals surface area contributed by atoms with Crippen LogP contribution in [0.4, 0.5) is 13.2 Å². The summed E-state index contributed by atoms with van der Waals surface area (Å²) in [5, 5.41) is 14.6. The maximum Gasteiger partial charge on any atom is 0.490 e. The van der Waals surface area contributed by atoms with Gasteiger partial charge in [-0.1, -0.05) is 0 Å². The summed E-state index contributed by atoms with van der Waals surface area (Å²) in [5.41, 5.74) is 2.36. The van der Waals surface area contributed by atoms with Crippen LogP contribution >= 0.6 is 0 Å². The third kappa shape index (κ3) is 4.81. The van der Waals surface area contributed by atoms with Gasteiger partial charge in [-0.3, -0.25) is 9.48 Å². The number of carbonyl (C=O) groups excluding carboxylic acids is 1. The third-order valence-electron chi connectivity index (χ3n) is 4.00. The Bertz CT molecular complexity index is 1010. The molecule has 2 N–H and O–H groups in total. The number of pyridine rings is 1. The second kappa shape index (κ2) is 8.17. The number of hydrogen-bond acceptors (Lipinski definition) is 4. The maximum absolute atomic E-state index is 12.0. The van der Waals surface area contributed by atoms with Crippen LogP contribution in [0.1, 0.15) is 16.9 Å². The van der Waals surface area contributed by atoms with Crippen molar-refractivity contribution in [3.8, 4) is 17.1 Å². The molecule has 3 aromatic rings. The number of carboxylic acids is 1. The third-order valence-corrected chi connectivity index (χ3v) is 4.00. The number of halogens is 3. The first-order chi connectivity index (χ1) is 13.8. The quantitative estimate of drug-likeness (QED) is 0.680. The molecular weight excluding hydrogens is 391 g/mol. The van der Waals surface area contributed by atoms with Gasteiger partial charge in [-0.05, 0) is 36.8 Å². The van der Waals surface area contributed by atoms with E-state index in [0.29, 0.717) is 12.2 Å². The van der Waals surface area contributed by atoms with Crippen molar-refractivity contribution in [2.24, 2.45) is 0 Å². The molecule has 3 aromatic heterocycles. The highest BCUT2D eigenvalue weighted by molar-refractivity contribution is 5.93. The Morgan fingerprint density at radius 3 is 2.55 bits per heavy atom. The molecule has 29 heavy (non-hydrogen) atoms. The predicted molar refractivity (Wildman–Crippen MR) is 95.4 cm³/mol. The van der Waals surface area contributed by atoms with Crippen molar-refractivity contribution in [3.63, 3.8) is 0 Å². The fraction of sp³-hybridized carbons (Fsp3) is 0.222. The van der Waals surface area contributed by atoms with E-state index < -0.39 is 12.1 Å². The Morgan fingerprint density at radius 1 is 1.21 bits per heavy atom. The van der Waals surface area contributed by atoms with Crippen LogP contribution in [0.3, 0.4) is 0 Å². The Morgan fingerprint density at radius 2 is 1.90 bits per heavy atom. The molecule has 0 aromatic carbocycles. The molecule has 0 atom stereocenters. The highest BCUT2D eigenvalue weighted by Crippen LogP contribution is 2.22. The topological polar surface area (TPSA) is 102 Å². The monoisotopic (exact) mass is 407 g/mol. The minimum atomic E-state index is -5.08. The molecule has 0 aliphatic carbocycles. The Kier molecular flexibility index (Phi) is 5.66. The number of nitrogens with zero attached hydrogens (tertiary/aromatic N) is 4. The van der Waals surface area contributed by atoms with E-state index in [1.165, 1.54) is 0 Å². The van der Waals surface area contributed by atoms with E-state index in [4.69, 9.17) is 9.90 Å². The fourth-order valence-corrected chi connectivity index (χ4v) is 2.64. The second-order valence-corrected chi connectivity index (χ2v) is 6.04. The molecule has 0 fully saturated rings. The van der Waals surface area contributed by atoms with Crippen molar-refractivity contribution in [2.75, 3.05) is 6.54 Å². The van der Waals surface area contributed by atoms with E-state index in [9.17, 15) is 18.0 Å². The Labute approximate surface area is 162 Å². The van der Waals surface area contributed by atoms with E-state index in [2.05, 4.69) is 15.4 Å². The van der Waals surface area contributed by atoms with Crippen LogP contribution in [0.25, 0.3) is 17.1 Å². The molecule has 0 spiro atoms. The lowest BCUT2D eigenvalue weighted by Gasteiger charge is -2.03. The molecular formula is C18H16F3N5O3. The lowest BCUT2D eigenvalue weighted by molar-refractivity contribution is -0.192. The van der Waals surface area contributed by atoms with E-state index in [1.54, 1.807) is 10.9 Å². The van der Waals surface area contributed by atoms with Crippen LogP contribution in [0.15, 0.2) is 48.9 Å². The number of amides is 1. The lowest BCUT2D eigenvalue weighted by Crippen LogP contribution is -2.22. The van der Waals surface area contributed by atoms with Gasteiger partial charge in [-0.25, -0.2) is 9.78 Å². The van der Waals surface area contributed by atoms with Gasteiger partial charge in [0.25, 0.3) is 5.91 Å². The molecule has 152 valence electrons. The minimum Gasteiger partial charge on any atom is -0.475 e. The van der Waals surface area contributed by atoms with Crippen molar-refractivity contribution < 1.29 is 27.9 Å². The molecule has 0 saturated carbocycles. The SMILES string of the molecule is O=C(O)C(F)(F)F.O=C1NCCCn2nc(-c3ccnc(-n4cccc4)c3)cc21. The molecule has 0 radical (unpaired) electrons. The number of aromatic nitrogens is 4. The first-order valence-corrected chi connectivity index (χ1v) is 8.51. The number of nitrogens with one attached hydrogen (secondary N) is 1. The van der Waals surface area contributed by atoms with Gasteiger partial charge in [0.05, 0.1) is 5.69 Å². The van der Waals surface area contributed by atoms with Gasteiger partial charge in [0.2, 0.25) is 0 Å². The maximum atomic E-state index is 12.0. The standard InChI is InChI=1S/C16H15N5O.C2HF3O2/c22-16-14-11-13(19-21(14)9-3-5-18-16)12-4-6-17-15(10-12)20-7-1-2-8-20;3-2(4,5)1(6)7/h1-2,4,6-8,10-11H,3,5,9H2,(H,18,22);(H,6,7). The average molecular weight is 407 g/mol. The highest BCUT2D eigenvalue weighted by Gasteiger charge is 2.38. The number of aliphatic carboxylic acids is 1. The van der Waals surface area contributed by atoms with Gasteiger partial charge in [-0.15, -0.1) is 0 Å². The molecule has 4 heterocycles. The zero-order valence-corrected chi connectivity index (χ0v) is 14.9. The summed E-state index contributed by atoms with van der Waals surface area (Å²) in [6, 6.07) is 9.64. The smallest absolute Gasteiger partial charge is 0.475 e. The summed E-state index contributed by atoms with van der Waals surface area (Å²) in [4.78, 5) is 25.3. The molecule has 1 aliphatic heterocycles. The van der Waals surface area contributed by atoms with Crippen LogP contribution in [-0.2, 0) is 11.3 Å². The number of rotatable bonds is 2. The number of hydrogen-bond donors (Lipinski definition) is 2. The molecule has 1 amide bonds. The van der Waals surface area contributed by atoms with Gasteiger partial charge in [0, 0.05) is 37.2 Å². The predicted octanol–water partition coefficient (Wildman–Crippen LogP) is 2.50. The fourth-order valence-electron chi connectivity index (χ4n) is 2.64. The normalized spacial score (nSPS) is 13.6. The average Bonchev–Trinajstić information content (AvgIpc) is 3.32. The number of fused-ring (bicyclic) bond motifs is 1. The van der Waals surface area contributed by atoms with Crippen molar-refractivity contribution >= 4 is 11.9 Å². The molecule has 0 unspecified atom stereocenters. The zero-order chi connectivity index (χ0) is 21.0. The minimum absolute atomic E-state index is 0.0593. The highest BCUT2D eigenvalue weighted by atomic mass is 19.4. The zero-order valence-electron chi connectivity index (χ0n) is 14.9. The summed E-state index contributed by atoms with van der Waals surface area (Å²) in [6.45, 7) is 1.45. The molecule has 0 bridgehead atoms. The van der Waals surface area contributed by atoms with Gasteiger partial charge in [0.1, 0.15) is 11.5 Å². The molecule has 1 aliphatic rings. The van der Waals surface area contributed by atoms with Crippen molar-refractivity contribution in [3.05, 3.63) is 54.6 Å². The number of aryl methyl sites for hydroxylation is 1. The summed E-state index contributed by atoms with van der Waals surface area (Å²) in [6.07, 6.45) is 1.46. The molecule has 4 rings (SSSR count). The first kappa shape index (κ1) is 20.1. The lowest BCUT2D eigenvalue weighted by atomic mass is 10.2. The van der Waals surface area contributed by atoms with Crippen LogP contribution in [0.5, 0.6) is 0 Å². The van der Waals surface area contributed by atoms with Gasteiger partial charge in [0.15, 0.2) is 0 Å². The largest absolute Gasteiger partial charge is 0.490 e. The van der Waals surface area contributed by atoms with Gasteiger partial charge >= 0.3 is 12.1 Å². The first-order valence-electron chi connectivity index (χ1n) is 8.51. The van der Waals surface area contributed by atoms with E-state index >= 15 is 0 Å². The Hall–Kier alpha value is -3.63. The van der Waals surface area contributed by atoms with Crippen molar-refractivity contribution in [2.45, 2.75) is 19.1 Å². The van der Waals surface area contributed by atoms with Crippen molar-refractivity contribution in [1.82, 2.24) is 24.6 Å². The summed E-state index contributed by atoms with van der Waals surface area (Å²) in [5.74, 6) is -1.99. The number of carbonyl (C=O) groups is 2. The summed E-state index contributed by atoms with van der Waals surface area (Å²) >= 11 is 0. The number of carboxylic acid groups (broad SMARTS) is 1. The number of alkyl halides is 3. The summed E-state index contributed by atoms with van der Waals surface area (Å²) in [7, 11) is 0. The van der Waals surface area contributed by atoms with Crippen molar-refractivity contribution in [1.29, 1.82) is 0 Å². The van der Waals surface area contributed by atoms with Crippen LogP contribution < -0.4 is 5.32 Å². The summed E-state index contributed by atoms with van der Waals surface area (Å²) < 4.78 is 35.5. The van der Waals surface area contributed by atoms with E-state index in [-0.39, 0.29) is 5.91 Å². The molecule has 8 nitrogen and oxygen atoms in total. The van der Waals surface area contributed by atoms with Gasteiger partial charge in [-0.2, -0.15) is 18.3 Å². The van der Waals surface area contributed by atoms with Crippen LogP contribution in [0.2, 0.25) is 0 Å². The molecule has 0 saturated heterocycles. The Balaban J connectivity index is 0.000000298. The second-order valence-electron chi connectivity index (χ2n) is 6.04. The van der Waals surface area contributed by atoms with Crippen LogP contribution in [0, 0.1) is 0 Å².